The summed E-state index contributed by atoms with van der Waals surface area (Å²) in [5, 5.41) is 0. The van der Waals surface area contributed by atoms with Crippen molar-refractivity contribution in [1.82, 2.24) is 0 Å². The summed E-state index contributed by atoms with van der Waals surface area (Å²) in [6.07, 6.45) is 6.60. The highest BCUT2D eigenvalue weighted by atomic mass is 31.2. The van der Waals surface area contributed by atoms with Crippen molar-refractivity contribution in [3.8, 4) is 0 Å². The van der Waals surface area contributed by atoms with Crippen LogP contribution in [0.4, 0.5) is 0 Å². The molecule has 9 heteroatoms. The topological polar surface area (TPSA) is 119 Å². The molecule has 0 aromatic rings. The van der Waals surface area contributed by atoms with Crippen molar-refractivity contribution in [2.24, 2.45) is 0 Å². The summed E-state index contributed by atoms with van der Waals surface area (Å²) >= 11 is 0. The third kappa shape index (κ3) is 15.7. The number of ether oxygens (including phenoxy) is 2. The third-order valence-corrected chi connectivity index (χ3v) is 3.55. The molecule has 0 aliphatic rings. The maximum atomic E-state index is 11.7. The van der Waals surface area contributed by atoms with Crippen LogP contribution in [0.2, 0.25) is 0 Å². The van der Waals surface area contributed by atoms with Crippen LogP contribution in [0.3, 0.4) is 0 Å². The number of rotatable bonds is 15. The molecule has 0 aliphatic heterocycles. The van der Waals surface area contributed by atoms with Crippen molar-refractivity contribution in [2.75, 3.05) is 13.2 Å². The molecule has 0 aromatic carbocycles. The van der Waals surface area contributed by atoms with Crippen LogP contribution in [0, 0.1) is 0 Å². The van der Waals surface area contributed by atoms with Crippen LogP contribution < -0.4 is 0 Å². The van der Waals surface area contributed by atoms with E-state index in [4.69, 9.17) is 14.5 Å². The Morgan fingerprint density at radius 2 is 1.70 bits per heavy atom. The Labute approximate surface area is 136 Å². The number of carbonyl (C=O) groups excluding carboxylic acids is 2. The van der Waals surface area contributed by atoms with Gasteiger partial charge in [-0.1, -0.05) is 45.4 Å². The van der Waals surface area contributed by atoms with E-state index in [1.807, 2.05) is 0 Å². The highest BCUT2D eigenvalue weighted by Crippen LogP contribution is 2.35. The van der Waals surface area contributed by atoms with E-state index >= 15 is 0 Å². The van der Waals surface area contributed by atoms with Crippen molar-refractivity contribution < 1.29 is 37.9 Å². The summed E-state index contributed by atoms with van der Waals surface area (Å²) in [6, 6.07) is 0. The second-order valence-corrected chi connectivity index (χ2v) is 6.44. The lowest BCUT2D eigenvalue weighted by atomic mass is 10.1. The standard InChI is InChI=1S/C14H27O8P/c1-2-3-4-5-6-7-8-9-14(16)22-13(10-20-12-15)11-21-23(17,18)19/h12-13H,2-11H2,1H3,(H2,17,18,19)/t13-/m1/s1. The van der Waals surface area contributed by atoms with Crippen molar-refractivity contribution in [2.45, 2.75) is 64.4 Å². The molecule has 0 amide bonds. The Kier molecular flexibility index (Phi) is 12.9. The van der Waals surface area contributed by atoms with Crippen LogP contribution in [0.25, 0.3) is 0 Å². The lowest BCUT2D eigenvalue weighted by molar-refractivity contribution is -0.156. The molecule has 2 N–H and O–H groups in total. The zero-order valence-electron chi connectivity index (χ0n) is 13.5. The van der Waals surface area contributed by atoms with Gasteiger partial charge in [-0.25, -0.2) is 4.57 Å². The Hall–Kier alpha value is -0.950. The van der Waals surface area contributed by atoms with Gasteiger partial charge in [0.05, 0.1) is 6.61 Å². The zero-order valence-corrected chi connectivity index (χ0v) is 14.4. The highest BCUT2D eigenvalue weighted by Gasteiger charge is 2.21. The predicted octanol–water partition coefficient (Wildman–Crippen LogP) is 2.32. The normalized spacial score (nSPS) is 12.7. The fraction of sp³-hybridized carbons (Fsp3) is 0.857. The molecular formula is C14H27O8P. The number of hydrogen-bond donors (Lipinski definition) is 2. The second-order valence-electron chi connectivity index (χ2n) is 5.20. The van der Waals surface area contributed by atoms with E-state index in [0.717, 1.165) is 19.3 Å². The van der Waals surface area contributed by atoms with Crippen molar-refractivity contribution >= 4 is 20.3 Å². The molecule has 0 saturated carbocycles. The molecular weight excluding hydrogens is 327 g/mol. The van der Waals surface area contributed by atoms with Crippen molar-refractivity contribution in [3.63, 3.8) is 0 Å². The van der Waals surface area contributed by atoms with Gasteiger partial charge in [0.2, 0.25) is 0 Å². The Balaban J connectivity index is 3.93. The first-order valence-electron chi connectivity index (χ1n) is 7.84. The quantitative estimate of drug-likeness (QED) is 0.199. The minimum atomic E-state index is -4.67. The number of carbonyl (C=O) groups is 2. The average molecular weight is 354 g/mol. The summed E-state index contributed by atoms with van der Waals surface area (Å²) in [6.45, 7) is 1.46. The molecule has 1 atom stereocenters. The monoisotopic (exact) mass is 354 g/mol. The Morgan fingerprint density at radius 1 is 1.09 bits per heavy atom. The summed E-state index contributed by atoms with van der Waals surface area (Å²) in [4.78, 5) is 39.1. The maximum absolute atomic E-state index is 11.7. The van der Waals surface area contributed by atoms with Gasteiger partial charge < -0.3 is 19.3 Å². The SMILES string of the molecule is CCCCCCCCCC(=O)O[C@H](COC=O)COP(=O)(O)O. The summed E-state index contributed by atoms with van der Waals surface area (Å²) in [5.41, 5.74) is 0. The van der Waals surface area contributed by atoms with E-state index in [9.17, 15) is 14.2 Å². The molecule has 0 fully saturated rings. The molecule has 0 aliphatic carbocycles. The van der Waals surface area contributed by atoms with E-state index < -0.39 is 26.5 Å². The van der Waals surface area contributed by atoms with Crippen LogP contribution in [0.5, 0.6) is 0 Å². The van der Waals surface area contributed by atoms with Crippen molar-refractivity contribution in [1.29, 1.82) is 0 Å². The smallest absolute Gasteiger partial charge is 0.464 e. The fourth-order valence-electron chi connectivity index (χ4n) is 1.91. The van der Waals surface area contributed by atoms with E-state index in [-0.39, 0.29) is 19.5 Å². The lowest BCUT2D eigenvalue weighted by Crippen LogP contribution is -2.28. The van der Waals surface area contributed by atoms with Crippen LogP contribution in [-0.4, -0.2) is 41.5 Å². The molecule has 0 bridgehead atoms. The largest absolute Gasteiger partial charge is 0.469 e. The first-order chi connectivity index (χ1) is 10.9. The van der Waals surface area contributed by atoms with Gasteiger partial charge >= 0.3 is 13.8 Å². The molecule has 0 rings (SSSR count). The lowest BCUT2D eigenvalue weighted by Gasteiger charge is -2.17. The number of phosphoric acid groups is 1. The fourth-order valence-corrected chi connectivity index (χ4v) is 2.27. The molecule has 0 unspecified atom stereocenters. The zero-order chi connectivity index (χ0) is 17.6. The van der Waals surface area contributed by atoms with E-state index in [0.29, 0.717) is 6.42 Å². The van der Waals surface area contributed by atoms with E-state index in [1.165, 1.54) is 19.3 Å². The molecule has 136 valence electrons. The van der Waals surface area contributed by atoms with Gasteiger partial charge in [-0.3, -0.25) is 14.1 Å². The van der Waals surface area contributed by atoms with E-state index in [1.54, 1.807) is 0 Å². The Bertz CT molecular complexity index is 368. The van der Waals surface area contributed by atoms with Crippen LogP contribution in [0.1, 0.15) is 58.3 Å². The van der Waals surface area contributed by atoms with Gasteiger partial charge in [0.15, 0.2) is 6.10 Å². The third-order valence-electron chi connectivity index (χ3n) is 3.06. The van der Waals surface area contributed by atoms with Crippen LogP contribution in [0.15, 0.2) is 0 Å². The molecule has 0 radical (unpaired) electrons. The molecule has 0 spiro atoms. The second kappa shape index (κ2) is 13.5. The molecule has 23 heavy (non-hydrogen) atoms. The van der Waals surface area contributed by atoms with Gasteiger partial charge in [0, 0.05) is 6.42 Å². The summed E-state index contributed by atoms with van der Waals surface area (Å²) < 4.78 is 24.4. The van der Waals surface area contributed by atoms with Crippen LogP contribution >= 0.6 is 7.82 Å². The minimum Gasteiger partial charge on any atom is -0.464 e. The van der Waals surface area contributed by atoms with Gasteiger partial charge in [-0.15, -0.1) is 0 Å². The molecule has 0 saturated heterocycles. The highest BCUT2D eigenvalue weighted by molar-refractivity contribution is 7.46. The number of esters is 1. The summed E-state index contributed by atoms with van der Waals surface area (Å²) in [7, 11) is -4.67. The molecule has 8 nitrogen and oxygen atoms in total. The maximum Gasteiger partial charge on any atom is 0.469 e. The average Bonchev–Trinajstić information content (AvgIpc) is 2.48. The van der Waals surface area contributed by atoms with E-state index in [2.05, 4.69) is 16.2 Å². The minimum absolute atomic E-state index is 0.161. The first-order valence-corrected chi connectivity index (χ1v) is 9.37. The predicted molar refractivity (Wildman–Crippen MR) is 82.5 cm³/mol. The van der Waals surface area contributed by atoms with Gasteiger partial charge in [-0.05, 0) is 6.42 Å². The first kappa shape index (κ1) is 22.1. The number of phosphoric ester groups is 1. The van der Waals surface area contributed by atoms with Crippen molar-refractivity contribution in [3.05, 3.63) is 0 Å². The van der Waals surface area contributed by atoms with Gasteiger partial charge in [0.1, 0.15) is 6.61 Å². The molecule has 0 aromatic heterocycles. The van der Waals surface area contributed by atoms with Gasteiger partial charge in [-0.2, -0.15) is 0 Å². The summed E-state index contributed by atoms with van der Waals surface area (Å²) in [5.74, 6) is -0.507. The molecule has 0 heterocycles. The number of unbranched alkanes of at least 4 members (excludes halogenated alkanes) is 6. The number of hydrogen-bond acceptors (Lipinski definition) is 6. The Morgan fingerprint density at radius 3 is 2.26 bits per heavy atom. The van der Waals surface area contributed by atoms with Gasteiger partial charge in [0.25, 0.3) is 6.47 Å². The van der Waals surface area contributed by atoms with Crippen LogP contribution in [-0.2, 0) is 28.2 Å².